The molecule has 1 atom stereocenters. The second-order valence-corrected chi connectivity index (χ2v) is 6.83. The number of amides is 1. The second-order valence-electron chi connectivity index (χ2n) is 6.39. The van der Waals surface area contributed by atoms with Crippen LogP contribution in [0, 0.1) is 11.3 Å². The van der Waals surface area contributed by atoms with E-state index in [1.165, 1.54) is 5.56 Å². The molecule has 1 aromatic rings. The van der Waals surface area contributed by atoms with Crippen LogP contribution in [0.25, 0.3) is 0 Å². The Bertz CT molecular complexity index is 494. The van der Waals surface area contributed by atoms with Crippen LogP contribution < -0.4 is 10.6 Å². The van der Waals surface area contributed by atoms with Crippen molar-refractivity contribution in [1.29, 1.82) is 0 Å². The number of rotatable bonds is 5. The van der Waals surface area contributed by atoms with Gasteiger partial charge in [0.2, 0.25) is 5.91 Å². The highest BCUT2D eigenvalue weighted by Gasteiger charge is 2.57. The quantitative estimate of drug-likeness (QED) is 0.821. The van der Waals surface area contributed by atoms with Crippen LogP contribution in [0.15, 0.2) is 24.3 Å². The predicted octanol–water partition coefficient (Wildman–Crippen LogP) is 2.78. The van der Waals surface area contributed by atoms with Gasteiger partial charge in [0.15, 0.2) is 0 Å². The summed E-state index contributed by atoms with van der Waals surface area (Å²) in [5.41, 5.74) is 1.61. The van der Waals surface area contributed by atoms with Crippen molar-refractivity contribution in [3.8, 4) is 0 Å². The zero-order valence-electron chi connectivity index (χ0n) is 12.3. The number of carbonyl (C=O) groups is 1. The lowest BCUT2D eigenvalue weighted by Crippen LogP contribution is -2.34. The summed E-state index contributed by atoms with van der Waals surface area (Å²) in [4.78, 5) is 12.2. The summed E-state index contributed by atoms with van der Waals surface area (Å²) < 4.78 is 0. The van der Waals surface area contributed by atoms with E-state index in [0.29, 0.717) is 5.41 Å². The first-order chi connectivity index (χ1) is 10.2. The van der Waals surface area contributed by atoms with Gasteiger partial charge in [0, 0.05) is 17.5 Å². The number of hydrogen-bond acceptors (Lipinski definition) is 2. The van der Waals surface area contributed by atoms with Gasteiger partial charge in [0.25, 0.3) is 0 Å². The molecule has 21 heavy (non-hydrogen) atoms. The second kappa shape index (κ2) is 6.37. The van der Waals surface area contributed by atoms with Crippen LogP contribution in [0.1, 0.15) is 31.2 Å². The molecule has 1 heterocycles. The molecule has 2 N–H and O–H groups in total. The van der Waals surface area contributed by atoms with E-state index >= 15 is 0 Å². The normalized spacial score (nSPS) is 23.0. The lowest BCUT2D eigenvalue weighted by molar-refractivity contribution is -0.123. The van der Waals surface area contributed by atoms with Crippen molar-refractivity contribution in [3.05, 3.63) is 34.9 Å². The van der Waals surface area contributed by atoms with Gasteiger partial charge < -0.3 is 10.6 Å². The lowest BCUT2D eigenvalue weighted by atomic mass is 9.92. The summed E-state index contributed by atoms with van der Waals surface area (Å²) in [6, 6.07) is 7.94. The molecule has 0 bridgehead atoms. The van der Waals surface area contributed by atoms with Gasteiger partial charge in [0.1, 0.15) is 0 Å². The molecular formula is C17H23ClN2O. The highest BCUT2D eigenvalue weighted by atomic mass is 35.5. The van der Waals surface area contributed by atoms with Crippen LogP contribution in [0.3, 0.4) is 0 Å². The van der Waals surface area contributed by atoms with Crippen molar-refractivity contribution in [2.75, 3.05) is 19.6 Å². The zero-order chi connectivity index (χ0) is 14.7. The minimum atomic E-state index is 0.271. The molecule has 1 unspecified atom stereocenters. The Hall–Kier alpha value is -1.06. The summed E-state index contributed by atoms with van der Waals surface area (Å²) in [5, 5.41) is 7.26. The standard InChI is InChI=1S/C17H23ClN2O/c18-14-5-3-13(4-6-14)2-1-9-20-16(21)15-12-17(15)7-10-19-11-8-17/h3-6,15,19H,1-2,7-12H2,(H,20,21). The topological polar surface area (TPSA) is 41.1 Å². The van der Waals surface area contributed by atoms with Crippen LogP contribution in [0.5, 0.6) is 0 Å². The first kappa shape index (κ1) is 14.9. The van der Waals surface area contributed by atoms with Gasteiger partial charge in [-0.05, 0) is 68.3 Å². The molecule has 114 valence electrons. The maximum absolute atomic E-state index is 12.2. The van der Waals surface area contributed by atoms with Crippen LogP contribution in [-0.4, -0.2) is 25.5 Å². The molecule has 0 aromatic heterocycles. The van der Waals surface area contributed by atoms with E-state index in [4.69, 9.17) is 11.6 Å². The number of nitrogens with one attached hydrogen (secondary N) is 2. The SMILES string of the molecule is O=C(NCCCc1ccc(Cl)cc1)C1CC12CCNCC2. The van der Waals surface area contributed by atoms with E-state index in [0.717, 1.165) is 56.8 Å². The Morgan fingerprint density at radius 3 is 2.71 bits per heavy atom. The Labute approximate surface area is 131 Å². The maximum Gasteiger partial charge on any atom is 0.223 e. The van der Waals surface area contributed by atoms with Crippen LogP contribution in [0.2, 0.25) is 5.02 Å². The fourth-order valence-corrected chi connectivity index (χ4v) is 3.60. The molecule has 1 saturated carbocycles. The Morgan fingerprint density at radius 2 is 2.00 bits per heavy atom. The lowest BCUT2D eigenvalue weighted by Gasteiger charge is -2.23. The van der Waals surface area contributed by atoms with Crippen LogP contribution in [-0.2, 0) is 11.2 Å². The highest BCUT2D eigenvalue weighted by molar-refractivity contribution is 6.30. The number of piperidine rings is 1. The van der Waals surface area contributed by atoms with Gasteiger partial charge in [-0.15, -0.1) is 0 Å². The van der Waals surface area contributed by atoms with Gasteiger partial charge in [-0.25, -0.2) is 0 Å². The largest absolute Gasteiger partial charge is 0.356 e. The van der Waals surface area contributed by atoms with Crippen molar-refractivity contribution in [2.45, 2.75) is 32.1 Å². The fourth-order valence-electron chi connectivity index (χ4n) is 3.47. The first-order valence-electron chi connectivity index (χ1n) is 7.92. The molecule has 1 aromatic carbocycles. The predicted molar refractivity (Wildman–Crippen MR) is 85.4 cm³/mol. The molecule has 4 heteroatoms. The molecule has 3 rings (SSSR count). The third-order valence-corrected chi connectivity index (χ3v) is 5.21. The molecular weight excluding hydrogens is 284 g/mol. The molecule has 1 aliphatic heterocycles. The van der Waals surface area contributed by atoms with Crippen LogP contribution in [0.4, 0.5) is 0 Å². The molecule has 2 fully saturated rings. The summed E-state index contributed by atoms with van der Waals surface area (Å²) in [6.45, 7) is 2.91. The van der Waals surface area contributed by atoms with E-state index in [-0.39, 0.29) is 11.8 Å². The Balaban J connectivity index is 1.36. The summed E-state index contributed by atoms with van der Waals surface area (Å²) >= 11 is 5.87. The van der Waals surface area contributed by atoms with Gasteiger partial charge in [-0.1, -0.05) is 23.7 Å². The molecule has 3 nitrogen and oxygen atoms in total. The van der Waals surface area contributed by atoms with Crippen molar-refractivity contribution in [2.24, 2.45) is 11.3 Å². The number of hydrogen-bond donors (Lipinski definition) is 2. The minimum absolute atomic E-state index is 0.271. The van der Waals surface area contributed by atoms with Gasteiger partial charge in [-0.2, -0.15) is 0 Å². The molecule has 1 saturated heterocycles. The average molecular weight is 307 g/mol. The molecule has 0 radical (unpaired) electrons. The summed E-state index contributed by atoms with van der Waals surface area (Å²) in [7, 11) is 0. The van der Waals surface area contributed by atoms with E-state index in [2.05, 4.69) is 22.8 Å². The molecule has 1 spiro atoms. The third kappa shape index (κ3) is 3.58. The fraction of sp³-hybridized carbons (Fsp3) is 0.588. The zero-order valence-corrected chi connectivity index (χ0v) is 13.1. The molecule has 1 aliphatic carbocycles. The van der Waals surface area contributed by atoms with Gasteiger partial charge >= 0.3 is 0 Å². The summed E-state index contributed by atoms with van der Waals surface area (Å²) in [5.74, 6) is 0.545. The van der Waals surface area contributed by atoms with E-state index in [1.54, 1.807) is 0 Å². The van der Waals surface area contributed by atoms with Gasteiger partial charge in [0.05, 0.1) is 0 Å². The van der Waals surface area contributed by atoms with Crippen LogP contribution >= 0.6 is 11.6 Å². The first-order valence-corrected chi connectivity index (χ1v) is 8.30. The molecule has 1 amide bonds. The maximum atomic E-state index is 12.2. The average Bonchev–Trinajstić information content (AvgIpc) is 3.19. The highest BCUT2D eigenvalue weighted by Crippen LogP contribution is 2.58. The number of aryl methyl sites for hydroxylation is 1. The van der Waals surface area contributed by atoms with Gasteiger partial charge in [-0.3, -0.25) is 4.79 Å². The Morgan fingerprint density at radius 1 is 1.29 bits per heavy atom. The van der Waals surface area contributed by atoms with Crippen molar-refractivity contribution >= 4 is 17.5 Å². The Kier molecular flexibility index (Phi) is 4.51. The molecule has 2 aliphatic rings. The summed E-state index contributed by atoms with van der Waals surface area (Å²) in [6.07, 6.45) is 5.38. The number of carbonyl (C=O) groups excluding carboxylic acids is 1. The number of halogens is 1. The monoisotopic (exact) mass is 306 g/mol. The van der Waals surface area contributed by atoms with E-state index in [9.17, 15) is 4.79 Å². The third-order valence-electron chi connectivity index (χ3n) is 4.96. The minimum Gasteiger partial charge on any atom is -0.356 e. The van der Waals surface area contributed by atoms with E-state index in [1.807, 2.05) is 12.1 Å². The van der Waals surface area contributed by atoms with Crippen molar-refractivity contribution in [1.82, 2.24) is 10.6 Å². The smallest absolute Gasteiger partial charge is 0.223 e. The van der Waals surface area contributed by atoms with Crippen molar-refractivity contribution in [3.63, 3.8) is 0 Å². The van der Waals surface area contributed by atoms with Crippen molar-refractivity contribution < 1.29 is 4.79 Å². The van der Waals surface area contributed by atoms with E-state index < -0.39 is 0 Å². The number of benzene rings is 1.